The monoisotopic (exact) mass is 264 g/mol. The average molecular weight is 264 g/mol. The number of benzene rings is 1. The first-order valence-corrected chi connectivity index (χ1v) is 5.94. The topological polar surface area (TPSA) is 61.8 Å². The molecule has 1 fully saturated rings. The third-order valence-electron chi connectivity index (χ3n) is 3.35. The molecular weight excluding hydrogens is 248 g/mol. The van der Waals surface area contributed by atoms with Gasteiger partial charge in [-0.15, -0.1) is 0 Å². The molecule has 5 nitrogen and oxygen atoms in total. The third kappa shape index (κ3) is 2.54. The van der Waals surface area contributed by atoms with Gasteiger partial charge in [0.05, 0.1) is 27.1 Å². The molecule has 19 heavy (non-hydrogen) atoms. The maximum Gasteiger partial charge on any atom is 0.314 e. The highest BCUT2D eigenvalue weighted by molar-refractivity contribution is 5.90. The predicted octanol–water partition coefficient (Wildman–Crippen LogP) is 1.83. The highest BCUT2D eigenvalue weighted by Gasteiger charge is 2.40. The van der Waals surface area contributed by atoms with E-state index in [-0.39, 0.29) is 12.8 Å². The second-order valence-electron chi connectivity index (χ2n) is 4.83. The molecule has 0 unspecified atom stereocenters. The van der Waals surface area contributed by atoms with Gasteiger partial charge in [-0.05, 0) is 18.2 Å². The van der Waals surface area contributed by atoms with Crippen molar-refractivity contribution in [3.05, 3.63) is 23.8 Å². The number of methoxy groups -OCH3 is 2. The first-order valence-electron chi connectivity index (χ1n) is 5.94. The van der Waals surface area contributed by atoms with Gasteiger partial charge in [-0.2, -0.15) is 0 Å². The number of carbonyl (C=O) groups is 2. The van der Waals surface area contributed by atoms with Gasteiger partial charge >= 0.3 is 11.9 Å². The van der Waals surface area contributed by atoms with E-state index in [1.54, 1.807) is 32.4 Å². The molecule has 0 N–H and O–H groups in total. The Kier molecular flexibility index (Phi) is 3.46. The lowest BCUT2D eigenvalue weighted by Crippen LogP contribution is -2.37. The van der Waals surface area contributed by atoms with Crippen molar-refractivity contribution in [1.29, 1.82) is 0 Å². The zero-order chi connectivity index (χ0) is 14.0. The van der Waals surface area contributed by atoms with Crippen molar-refractivity contribution < 1.29 is 23.8 Å². The molecule has 1 aromatic carbocycles. The molecule has 0 amide bonds. The Hall–Kier alpha value is -2.04. The van der Waals surface area contributed by atoms with Crippen LogP contribution in [0.1, 0.15) is 25.3 Å². The average Bonchev–Trinajstić information content (AvgIpc) is 2.36. The van der Waals surface area contributed by atoms with Gasteiger partial charge in [0.1, 0.15) is 11.5 Å². The fourth-order valence-corrected chi connectivity index (χ4v) is 2.37. The Morgan fingerprint density at radius 2 is 1.74 bits per heavy atom. The number of hydrogen-bond acceptors (Lipinski definition) is 5. The number of cyclic esters (lactones) is 2. The molecule has 1 heterocycles. The zero-order valence-corrected chi connectivity index (χ0v) is 11.2. The summed E-state index contributed by atoms with van der Waals surface area (Å²) in [5.74, 6) is 0.265. The van der Waals surface area contributed by atoms with Crippen molar-refractivity contribution in [2.75, 3.05) is 14.2 Å². The van der Waals surface area contributed by atoms with Crippen LogP contribution in [-0.4, -0.2) is 26.2 Å². The molecule has 1 saturated heterocycles. The van der Waals surface area contributed by atoms with Crippen molar-refractivity contribution in [2.45, 2.75) is 25.2 Å². The first-order chi connectivity index (χ1) is 8.98. The first kappa shape index (κ1) is 13.4. The van der Waals surface area contributed by atoms with Crippen LogP contribution in [0.4, 0.5) is 0 Å². The number of ether oxygens (including phenoxy) is 3. The minimum atomic E-state index is -0.633. The van der Waals surface area contributed by atoms with Gasteiger partial charge in [-0.3, -0.25) is 9.59 Å². The quantitative estimate of drug-likeness (QED) is 0.615. The van der Waals surface area contributed by atoms with Gasteiger partial charge in [-0.25, -0.2) is 0 Å². The Bertz CT molecular complexity index is 505. The van der Waals surface area contributed by atoms with Crippen LogP contribution in [0.15, 0.2) is 18.2 Å². The molecule has 1 aliphatic heterocycles. The van der Waals surface area contributed by atoms with Crippen molar-refractivity contribution in [3.8, 4) is 11.5 Å². The molecule has 2 rings (SSSR count). The van der Waals surface area contributed by atoms with Gasteiger partial charge in [-0.1, -0.05) is 6.92 Å². The minimum absolute atomic E-state index is 0.141. The third-order valence-corrected chi connectivity index (χ3v) is 3.35. The van der Waals surface area contributed by atoms with Crippen molar-refractivity contribution >= 4 is 11.9 Å². The molecule has 0 bridgehead atoms. The fraction of sp³-hybridized carbons (Fsp3) is 0.429. The van der Waals surface area contributed by atoms with E-state index >= 15 is 0 Å². The van der Waals surface area contributed by atoms with Gasteiger partial charge < -0.3 is 14.2 Å². The molecule has 0 saturated carbocycles. The summed E-state index contributed by atoms with van der Waals surface area (Å²) in [4.78, 5) is 23.0. The molecular formula is C14H16O5. The summed E-state index contributed by atoms with van der Waals surface area (Å²) >= 11 is 0. The SMILES string of the molecule is COc1ccc(OC)c(C2(C)CC(=O)OC(=O)C2)c1. The van der Waals surface area contributed by atoms with Crippen LogP contribution in [0.2, 0.25) is 0 Å². The number of esters is 2. The van der Waals surface area contributed by atoms with E-state index < -0.39 is 17.4 Å². The Labute approximate surface area is 111 Å². The Morgan fingerprint density at radius 1 is 1.11 bits per heavy atom. The lowest BCUT2D eigenvalue weighted by Gasteiger charge is -2.32. The van der Waals surface area contributed by atoms with Gasteiger partial charge in [0.15, 0.2) is 0 Å². The molecule has 0 spiro atoms. The summed E-state index contributed by atoms with van der Waals surface area (Å²) in [6.45, 7) is 1.85. The Balaban J connectivity index is 2.48. The summed E-state index contributed by atoms with van der Waals surface area (Å²) < 4.78 is 15.1. The van der Waals surface area contributed by atoms with E-state index in [9.17, 15) is 9.59 Å². The molecule has 1 aliphatic rings. The second kappa shape index (κ2) is 4.91. The highest BCUT2D eigenvalue weighted by atomic mass is 16.6. The second-order valence-corrected chi connectivity index (χ2v) is 4.83. The molecule has 102 valence electrons. The Morgan fingerprint density at radius 3 is 2.26 bits per heavy atom. The van der Waals surface area contributed by atoms with E-state index in [1.165, 1.54) is 0 Å². The van der Waals surface area contributed by atoms with Crippen LogP contribution in [-0.2, 0) is 19.7 Å². The lowest BCUT2D eigenvalue weighted by atomic mass is 9.75. The van der Waals surface area contributed by atoms with E-state index in [0.717, 1.165) is 5.56 Å². The molecule has 0 aliphatic carbocycles. The number of rotatable bonds is 3. The summed E-state index contributed by atoms with van der Waals surface area (Å²) in [7, 11) is 3.12. The van der Waals surface area contributed by atoms with E-state index in [2.05, 4.69) is 4.74 Å². The predicted molar refractivity (Wildman–Crippen MR) is 67.2 cm³/mol. The van der Waals surface area contributed by atoms with Gasteiger partial charge in [0.2, 0.25) is 0 Å². The fourth-order valence-electron chi connectivity index (χ4n) is 2.37. The van der Waals surface area contributed by atoms with E-state index in [4.69, 9.17) is 9.47 Å². The summed E-state index contributed by atoms with van der Waals surface area (Å²) in [6.07, 6.45) is 0.282. The normalized spacial score (nSPS) is 17.8. The zero-order valence-electron chi connectivity index (χ0n) is 11.2. The van der Waals surface area contributed by atoms with Crippen LogP contribution < -0.4 is 9.47 Å². The molecule has 1 aromatic rings. The number of carbonyl (C=O) groups excluding carboxylic acids is 2. The maximum atomic E-state index is 11.5. The largest absolute Gasteiger partial charge is 0.497 e. The van der Waals surface area contributed by atoms with Crippen LogP contribution in [0.25, 0.3) is 0 Å². The van der Waals surface area contributed by atoms with Gasteiger partial charge in [0.25, 0.3) is 0 Å². The number of hydrogen-bond donors (Lipinski definition) is 0. The molecule has 0 atom stereocenters. The molecule has 0 radical (unpaired) electrons. The summed E-state index contributed by atoms with van der Waals surface area (Å²) in [5, 5.41) is 0. The summed E-state index contributed by atoms with van der Waals surface area (Å²) in [6, 6.07) is 5.34. The lowest BCUT2D eigenvalue weighted by molar-refractivity contribution is -0.166. The van der Waals surface area contributed by atoms with Crippen molar-refractivity contribution in [3.63, 3.8) is 0 Å². The van der Waals surface area contributed by atoms with Crippen LogP contribution in [0.5, 0.6) is 11.5 Å². The van der Waals surface area contributed by atoms with Gasteiger partial charge in [0, 0.05) is 11.0 Å². The van der Waals surface area contributed by atoms with Crippen LogP contribution >= 0.6 is 0 Å². The van der Waals surface area contributed by atoms with Crippen LogP contribution in [0.3, 0.4) is 0 Å². The smallest absolute Gasteiger partial charge is 0.314 e. The highest BCUT2D eigenvalue weighted by Crippen LogP contribution is 2.41. The van der Waals surface area contributed by atoms with Crippen molar-refractivity contribution in [1.82, 2.24) is 0 Å². The minimum Gasteiger partial charge on any atom is -0.497 e. The molecule has 5 heteroatoms. The summed E-state index contributed by atoms with van der Waals surface area (Å²) in [5.41, 5.74) is 0.145. The van der Waals surface area contributed by atoms with Crippen molar-refractivity contribution in [2.24, 2.45) is 0 Å². The maximum absolute atomic E-state index is 11.5. The van der Waals surface area contributed by atoms with Crippen LogP contribution in [0, 0.1) is 0 Å². The molecule has 0 aromatic heterocycles. The standard InChI is InChI=1S/C14H16O5/c1-14(7-12(15)19-13(16)8-14)10-6-9(17-2)4-5-11(10)18-3/h4-6H,7-8H2,1-3H3. The van der Waals surface area contributed by atoms with E-state index in [0.29, 0.717) is 11.5 Å². The van der Waals surface area contributed by atoms with E-state index in [1.807, 2.05) is 6.92 Å².